The van der Waals surface area contributed by atoms with E-state index >= 15 is 0 Å². The van der Waals surface area contributed by atoms with E-state index in [4.69, 9.17) is 5.11 Å². The molecule has 7 heteroatoms. The zero-order valence-electron chi connectivity index (χ0n) is 9.67. The number of carbonyl (C=O) groups excluding carboxylic acids is 1. The molecule has 2 heterocycles. The molecule has 2 aromatic rings. The van der Waals surface area contributed by atoms with E-state index in [0.717, 1.165) is 0 Å². The number of carbonyl (C=O) groups is 2. The van der Waals surface area contributed by atoms with E-state index in [1.807, 2.05) is 0 Å². The number of nitrogens with one attached hydrogen (secondary N) is 2. The molecule has 0 aromatic carbocycles. The number of H-pyrrole nitrogens is 1. The molecule has 1 amide bonds. The zero-order valence-corrected chi connectivity index (χ0v) is 9.67. The Hall–Kier alpha value is -2.57. The minimum Gasteiger partial charge on any atom is -0.477 e. The van der Waals surface area contributed by atoms with Crippen molar-refractivity contribution in [3.05, 3.63) is 35.9 Å². The van der Waals surface area contributed by atoms with Crippen LogP contribution in [-0.2, 0) is 11.3 Å². The highest BCUT2D eigenvalue weighted by Crippen LogP contribution is 2.16. The summed E-state index contributed by atoms with van der Waals surface area (Å²) in [7, 11) is 0. The van der Waals surface area contributed by atoms with Gasteiger partial charge in [-0.15, -0.1) is 0 Å². The Morgan fingerprint density at radius 3 is 2.94 bits per heavy atom. The van der Waals surface area contributed by atoms with E-state index < -0.39 is 5.97 Å². The van der Waals surface area contributed by atoms with Gasteiger partial charge in [-0.05, 0) is 19.1 Å². The van der Waals surface area contributed by atoms with Gasteiger partial charge < -0.3 is 15.4 Å². The first-order valence-electron chi connectivity index (χ1n) is 5.26. The number of carboxylic acids is 1. The van der Waals surface area contributed by atoms with Crippen molar-refractivity contribution in [1.29, 1.82) is 0 Å². The molecule has 0 fully saturated rings. The number of carboxylic acid groups (broad SMARTS) is 1. The summed E-state index contributed by atoms with van der Waals surface area (Å²) in [6.07, 6.45) is 3.22. The van der Waals surface area contributed by atoms with Gasteiger partial charge >= 0.3 is 5.97 Å². The summed E-state index contributed by atoms with van der Waals surface area (Å²) in [5, 5.41) is 15.4. The van der Waals surface area contributed by atoms with Crippen LogP contribution in [0.5, 0.6) is 0 Å². The molecule has 0 saturated carbocycles. The molecule has 0 saturated heterocycles. The summed E-state index contributed by atoms with van der Waals surface area (Å²) in [6.45, 7) is 1.76. The van der Waals surface area contributed by atoms with E-state index in [0.29, 0.717) is 5.69 Å². The van der Waals surface area contributed by atoms with Crippen LogP contribution in [0.2, 0.25) is 0 Å². The van der Waals surface area contributed by atoms with Gasteiger partial charge in [0.05, 0.1) is 5.69 Å². The van der Waals surface area contributed by atoms with Crippen molar-refractivity contribution >= 4 is 17.6 Å². The summed E-state index contributed by atoms with van der Waals surface area (Å²) >= 11 is 0. The van der Waals surface area contributed by atoms with Crippen LogP contribution in [0.15, 0.2) is 24.5 Å². The average molecular weight is 248 g/mol. The van der Waals surface area contributed by atoms with Crippen LogP contribution in [0.1, 0.15) is 16.2 Å². The predicted molar refractivity (Wildman–Crippen MR) is 63.3 cm³/mol. The maximum Gasteiger partial charge on any atom is 0.354 e. The highest BCUT2D eigenvalue weighted by atomic mass is 16.4. The number of nitrogens with zero attached hydrogens (tertiary/aromatic N) is 2. The van der Waals surface area contributed by atoms with Crippen LogP contribution in [0, 0.1) is 6.92 Å². The third-order valence-electron chi connectivity index (χ3n) is 2.31. The summed E-state index contributed by atoms with van der Waals surface area (Å²) in [5.41, 5.74) is 0.903. The number of hydrogen-bond donors (Lipinski definition) is 3. The molecule has 18 heavy (non-hydrogen) atoms. The molecular weight excluding hydrogens is 236 g/mol. The fraction of sp³-hybridized carbons (Fsp3) is 0.182. The molecule has 0 aliphatic heterocycles. The van der Waals surface area contributed by atoms with E-state index in [2.05, 4.69) is 15.4 Å². The first-order chi connectivity index (χ1) is 8.56. The van der Waals surface area contributed by atoms with E-state index in [1.54, 1.807) is 31.5 Å². The third-order valence-corrected chi connectivity index (χ3v) is 2.31. The Morgan fingerprint density at radius 1 is 1.56 bits per heavy atom. The number of aromatic nitrogens is 3. The maximum atomic E-state index is 11.7. The van der Waals surface area contributed by atoms with Gasteiger partial charge in [0.25, 0.3) is 0 Å². The smallest absolute Gasteiger partial charge is 0.354 e. The number of rotatable bonds is 4. The molecule has 7 nitrogen and oxygen atoms in total. The lowest BCUT2D eigenvalue weighted by molar-refractivity contribution is -0.116. The Balaban J connectivity index is 2.09. The van der Waals surface area contributed by atoms with Gasteiger partial charge in [0.15, 0.2) is 0 Å². The summed E-state index contributed by atoms with van der Waals surface area (Å²) in [6, 6.07) is 3.28. The highest BCUT2D eigenvalue weighted by Gasteiger charge is 2.15. The first kappa shape index (κ1) is 11.9. The second-order valence-electron chi connectivity index (χ2n) is 3.80. The van der Waals surface area contributed by atoms with E-state index in [-0.39, 0.29) is 23.8 Å². The molecule has 0 aliphatic carbocycles. The van der Waals surface area contributed by atoms with Gasteiger partial charge in [0.1, 0.15) is 12.2 Å². The van der Waals surface area contributed by atoms with Crippen LogP contribution >= 0.6 is 0 Å². The lowest BCUT2D eigenvalue weighted by atomic mass is 10.3. The monoisotopic (exact) mass is 248 g/mol. The number of aromatic carboxylic acids is 1. The Bertz CT molecular complexity index is 571. The largest absolute Gasteiger partial charge is 0.477 e. The first-order valence-corrected chi connectivity index (χ1v) is 5.26. The summed E-state index contributed by atoms with van der Waals surface area (Å²) in [4.78, 5) is 25.3. The molecule has 2 rings (SSSR count). The fourth-order valence-electron chi connectivity index (χ4n) is 1.59. The van der Waals surface area contributed by atoms with Crippen LogP contribution in [-0.4, -0.2) is 31.7 Å². The SMILES string of the molecule is Cc1cc(NC(=O)Cn2cccn2)c(C(=O)O)[nH]1. The Kier molecular flexibility index (Phi) is 3.13. The van der Waals surface area contributed by atoms with Crippen LogP contribution < -0.4 is 5.32 Å². The molecule has 0 atom stereocenters. The van der Waals surface area contributed by atoms with E-state index in [9.17, 15) is 9.59 Å². The number of aromatic amines is 1. The van der Waals surface area contributed by atoms with Gasteiger partial charge in [0, 0.05) is 18.1 Å². The van der Waals surface area contributed by atoms with E-state index in [1.165, 1.54) is 4.68 Å². The average Bonchev–Trinajstić information content (AvgIpc) is 2.88. The van der Waals surface area contributed by atoms with Gasteiger partial charge in [-0.2, -0.15) is 5.10 Å². The number of amides is 1. The minimum absolute atomic E-state index is 0.0266. The number of aryl methyl sites for hydroxylation is 1. The molecule has 2 aromatic heterocycles. The van der Waals surface area contributed by atoms with Crippen molar-refractivity contribution in [1.82, 2.24) is 14.8 Å². The zero-order chi connectivity index (χ0) is 13.1. The topological polar surface area (TPSA) is 100 Å². The second-order valence-corrected chi connectivity index (χ2v) is 3.80. The van der Waals surface area contributed by atoms with Gasteiger partial charge in [-0.3, -0.25) is 9.48 Å². The highest BCUT2D eigenvalue weighted by molar-refractivity contribution is 5.99. The lowest BCUT2D eigenvalue weighted by Gasteiger charge is -2.04. The quantitative estimate of drug-likeness (QED) is 0.746. The van der Waals surface area contributed by atoms with Crippen molar-refractivity contribution in [2.45, 2.75) is 13.5 Å². The molecule has 94 valence electrons. The summed E-state index contributed by atoms with van der Waals surface area (Å²) < 4.78 is 1.45. The molecule has 0 bridgehead atoms. The fourth-order valence-corrected chi connectivity index (χ4v) is 1.59. The molecule has 0 radical (unpaired) electrons. The lowest BCUT2D eigenvalue weighted by Crippen LogP contribution is -2.20. The molecule has 0 unspecified atom stereocenters. The van der Waals surface area contributed by atoms with Crippen LogP contribution in [0.25, 0.3) is 0 Å². The second kappa shape index (κ2) is 4.74. The van der Waals surface area contributed by atoms with Crippen molar-refractivity contribution in [3.8, 4) is 0 Å². The third kappa shape index (κ3) is 2.57. The molecule has 0 spiro atoms. The number of hydrogen-bond acceptors (Lipinski definition) is 3. The van der Waals surface area contributed by atoms with Crippen LogP contribution in [0.3, 0.4) is 0 Å². The Morgan fingerprint density at radius 2 is 2.33 bits per heavy atom. The molecule has 3 N–H and O–H groups in total. The maximum absolute atomic E-state index is 11.7. The predicted octanol–water partition coefficient (Wildman–Crippen LogP) is 0.857. The molecule has 0 aliphatic rings. The van der Waals surface area contributed by atoms with Crippen molar-refractivity contribution < 1.29 is 14.7 Å². The van der Waals surface area contributed by atoms with Gasteiger partial charge in [0.2, 0.25) is 5.91 Å². The Labute approximate surface area is 102 Å². The standard InChI is InChI=1S/C11H12N4O3/c1-7-5-8(10(13-7)11(17)18)14-9(16)6-15-4-2-3-12-15/h2-5,13H,6H2,1H3,(H,14,16)(H,17,18). The molecular formula is C11H12N4O3. The summed E-state index contributed by atoms with van der Waals surface area (Å²) in [5.74, 6) is -1.45. The van der Waals surface area contributed by atoms with Gasteiger partial charge in [-0.25, -0.2) is 4.79 Å². The minimum atomic E-state index is -1.11. The van der Waals surface area contributed by atoms with Gasteiger partial charge in [-0.1, -0.05) is 0 Å². The number of anilines is 1. The normalized spacial score (nSPS) is 10.3. The van der Waals surface area contributed by atoms with Crippen molar-refractivity contribution in [2.24, 2.45) is 0 Å². The van der Waals surface area contributed by atoms with Crippen LogP contribution in [0.4, 0.5) is 5.69 Å². The van der Waals surface area contributed by atoms with Crippen molar-refractivity contribution in [3.63, 3.8) is 0 Å². The van der Waals surface area contributed by atoms with Crippen molar-refractivity contribution in [2.75, 3.05) is 5.32 Å².